The topological polar surface area (TPSA) is 70.0 Å². The van der Waals surface area contributed by atoms with Crippen LogP contribution >= 0.6 is 11.6 Å². The summed E-state index contributed by atoms with van der Waals surface area (Å²) in [5, 5.41) is 11.2. The molecule has 23 heavy (non-hydrogen) atoms. The van der Waals surface area contributed by atoms with Gasteiger partial charge in [-0.25, -0.2) is 8.78 Å². The molecule has 0 bridgehead atoms. The Kier molecular flexibility index (Phi) is 4.72. The molecule has 0 aliphatic rings. The van der Waals surface area contributed by atoms with Crippen molar-refractivity contribution in [2.45, 2.75) is 6.92 Å². The van der Waals surface area contributed by atoms with Crippen LogP contribution in [0.2, 0.25) is 5.02 Å². The number of ketones is 1. The standard InChI is InChI=1S/C16H9ClF2N2O2/c1-8(22)15-13(19)5-10(18)6-14(15)21-16(23)11-4-9(7-20)2-3-12(11)17/h2-6H,1H3,(H,21,23). The summed E-state index contributed by atoms with van der Waals surface area (Å²) in [7, 11) is 0. The van der Waals surface area contributed by atoms with E-state index in [4.69, 9.17) is 16.9 Å². The number of hydrogen-bond acceptors (Lipinski definition) is 3. The van der Waals surface area contributed by atoms with E-state index in [0.29, 0.717) is 6.07 Å². The largest absolute Gasteiger partial charge is 0.321 e. The minimum Gasteiger partial charge on any atom is -0.321 e. The Morgan fingerprint density at radius 2 is 1.91 bits per heavy atom. The number of nitriles is 1. The number of amides is 1. The van der Waals surface area contributed by atoms with Gasteiger partial charge in [0.15, 0.2) is 5.78 Å². The van der Waals surface area contributed by atoms with E-state index in [9.17, 15) is 18.4 Å². The number of Topliss-reactive ketones (excluding diaryl/α,β-unsaturated/α-hetero) is 1. The number of anilines is 1. The summed E-state index contributed by atoms with van der Waals surface area (Å²) in [4.78, 5) is 23.7. The molecule has 0 saturated heterocycles. The quantitative estimate of drug-likeness (QED) is 0.864. The molecule has 0 heterocycles. The molecule has 0 atom stereocenters. The van der Waals surface area contributed by atoms with Gasteiger partial charge < -0.3 is 5.32 Å². The monoisotopic (exact) mass is 334 g/mol. The molecule has 0 aliphatic heterocycles. The number of hydrogen-bond donors (Lipinski definition) is 1. The number of rotatable bonds is 3. The van der Waals surface area contributed by atoms with Gasteiger partial charge in [0, 0.05) is 6.07 Å². The third-order valence-corrected chi connectivity index (χ3v) is 3.32. The van der Waals surface area contributed by atoms with E-state index in [-0.39, 0.29) is 21.8 Å². The predicted octanol–water partition coefficient (Wildman–Crippen LogP) is 3.94. The first-order valence-electron chi connectivity index (χ1n) is 6.34. The number of benzene rings is 2. The van der Waals surface area contributed by atoms with Crippen LogP contribution in [0.1, 0.15) is 33.2 Å². The van der Waals surface area contributed by atoms with Crippen molar-refractivity contribution >= 4 is 29.0 Å². The summed E-state index contributed by atoms with van der Waals surface area (Å²) in [5.74, 6) is -3.49. The van der Waals surface area contributed by atoms with Crippen LogP contribution < -0.4 is 5.32 Å². The van der Waals surface area contributed by atoms with Gasteiger partial charge in [-0.05, 0) is 31.2 Å². The zero-order chi connectivity index (χ0) is 17.1. The molecule has 0 spiro atoms. The van der Waals surface area contributed by atoms with Gasteiger partial charge in [0.05, 0.1) is 33.5 Å². The zero-order valence-electron chi connectivity index (χ0n) is 11.8. The molecular weight excluding hydrogens is 326 g/mol. The van der Waals surface area contributed by atoms with E-state index < -0.39 is 28.9 Å². The van der Waals surface area contributed by atoms with Crippen LogP contribution in [-0.4, -0.2) is 11.7 Å². The Hall–Kier alpha value is -2.78. The van der Waals surface area contributed by atoms with Crippen LogP contribution in [0.25, 0.3) is 0 Å². The van der Waals surface area contributed by atoms with Gasteiger partial charge in [0.2, 0.25) is 0 Å². The Morgan fingerprint density at radius 3 is 2.52 bits per heavy atom. The second-order valence-electron chi connectivity index (χ2n) is 4.63. The predicted molar refractivity (Wildman–Crippen MR) is 80.5 cm³/mol. The first-order chi connectivity index (χ1) is 10.8. The van der Waals surface area contributed by atoms with Gasteiger partial charge in [-0.2, -0.15) is 5.26 Å². The molecule has 0 aromatic heterocycles. The lowest BCUT2D eigenvalue weighted by molar-refractivity contribution is 0.101. The highest BCUT2D eigenvalue weighted by atomic mass is 35.5. The lowest BCUT2D eigenvalue weighted by Crippen LogP contribution is -2.16. The van der Waals surface area contributed by atoms with Crippen molar-refractivity contribution in [3.05, 3.63) is 63.7 Å². The number of nitrogens with zero attached hydrogens (tertiary/aromatic N) is 1. The van der Waals surface area contributed by atoms with Crippen molar-refractivity contribution in [3.8, 4) is 6.07 Å². The smallest absolute Gasteiger partial charge is 0.257 e. The third-order valence-electron chi connectivity index (χ3n) is 3.00. The van der Waals surface area contributed by atoms with E-state index >= 15 is 0 Å². The highest BCUT2D eigenvalue weighted by molar-refractivity contribution is 6.34. The number of carbonyl (C=O) groups is 2. The zero-order valence-corrected chi connectivity index (χ0v) is 12.5. The van der Waals surface area contributed by atoms with Gasteiger partial charge in [-0.1, -0.05) is 11.6 Å². The van der Waals surface area contributed by atoms with E-state index in [1.807, 2.05) is 6.07 Å². The van der Waals surface area contributed by atoms with Crippen molar-refractivity contribution < 1.29 is 18.4 Å². The normalized spacial score (nSPS) is 10.0. The fourth-order valence-electron chi connectivity index (χ4n) is 1.99. The van der Waals surface area contributed by atoms with Gasteiger partial charge >= 0.3 is 0 Å². The summed E-state index contributed by atoms with van der Waals surface area (Å²) in [5.41, 5.74) is -0.604. The Morgan fingerprint density at radius 1 is 1.22 bits per heavy atom. The van der Waals surface area contributed by atoms with Gasteiger partial charge in [-0.15, -0.1) is 0 Å². The molecule has 2 rings (SSSR count). The molecule has 1 amide bonds. The minimum atomic E-state index is -1.08. The van der Waals surface area contributed by atoms with Gasteiger partial charge in [-0.3, -0.25) is 9.59 Å². The fourth-order valence-corrected chi connectivity index (χ4v) is 2.19. The van der Waals surface area contributed by atoms with Crippen molar-refractivity contribution in [3.63, 3.8) is 0 Å². The maximum atomic E-state index is 13.7. The van der Waals surface area contributed by atoms with E-state index in [1.165, 1.54) is 18.2 Å². The maximum Gasteiger partial charge on any atom is 0.257 e. The molecule has 116 valence electrons. The summed E-state index contributed by atoms with van der Waals surface area (Å²) >= 11 is 5.89. The van der Waals surface area contributed by atoms with Crippen molar-refractivity contribution in [2.24, 2.45) is 0 Å². The van der Waals surface area contributed by atoms with E-state index in [1.54, 1.807) is 0 Å². The van der Waals surface area contributed by atoms with E-state index in [2.05, 4.69) is 5.32 Å². The lowest BCUT2D eigenvalue weighted by Gasteiger charge is -2.11. The highest BCUT2D eigenvalue weighted by Crippen LogP contribution is 2.24. The van der Waals surface area contributed by atoms with Crippen LogP contribution in [-0.2, 0) is 0 Å². The molecule has 1 N–H and O–H groups in total. The number of halogens is 3. The Bertz CT molecular complexity index is 860. The summed E-state index contributed by atoms with van der Waals surface area (Å²) in [6.07, 6.45) is 0. The Balaban J connectivity index is 2.46. The molecule has 0 radical (unpaired) electrons. The first-order valence-corrected chi connectivity index (χ1v) is 6.72. The molecule has 0 saturated carbocycles. The third kappa shape index (κ3) is 3.52. The minimum absolute atomic E-state index is 0.0510. The molecule has 2 aromatic carbocycles. The van der Waals surface area contributed by atoms with Crippen LogP contribution in [0, 0.1) is 23.0 Å². The maximum absolute atomic E-state index is 13.7. The molecule has 0 fully saturated rings. The average molecular weight is 335 g/mol. The second kappa shape index (κ2) is 6.55. The van der Waals surface area contributed by atoms with Crippen molar-refractivity contribution in [1.29, 1.82) is 5.26 Å². The molecule has 4 nitrogen and oxygen atoms in total. The SMILES string of the molecule is CC(=O)c1c(F)cc(F)cc1NC(=O)c1cc(C#N)ccc1Cl. The van der Waals surface area contributed by atoms with Crippen molar-refractivity contribution in [1.82, 2.24) is 0 Å². The van der Waals surface area contributed by atoms with E-state index in [0.717, 1.165) is 13.0 Å². The fraction of sp³-hybridized carbons (Fsp3) is 0.0625. The van der Waals surface area contributed by atoms with Crippen LogP contribution in [0.3, 0.4) is 0 Å². The summed E-state index contributed by atoms with van der Waals surface area (Å²) in [6.45, 7) is 1.09. The van der Waals surface area contributed by atoms with Crippen LogP contribution in [0.4, 0.5) is 14.5 Å². The molecule has 7 heteroatoms. The molecular formula is C16H9ClF2N2O2. The molecule has 2 aromatic rings. The lowest BCUT2D eigenvalue weighted by atomic mass is 10.1. The van der Waals surface area contributed by atoms with Crippen molar-refractivity contribution in [2.75, 3.05) is 5.32 Å². The van der Waals surface area contributed by atoms with Crippen LogP contribution in [0.5, 0.6) is 0 Å². The van der Waals surface area contributed by atoms with Gasteiger partial charge in [0.25, 0.3) is 5.91 Å². The summed E-state index contributed by atoms with van der Waals surface area (Å²) in [6, 6.07) is 7.24. The number of nitrogens with one attached hydrogen (secondary N) is 1. The van der Waals surface area contributed by atoms with Crippen LogP contribution in [0.15, 0.2) is 30.3 Å². The Labute approximate surface area is 135 Å². The molecule has 0 aliphatic carbocycles. The highest BCUT2D eigenvalue weighted by Gasteiger charge is 2.19. The van der Waals surface area contributed by atoms with Gasteiger partial charge in [0.1, 0.15) is 11.6 Å². The summed E-state index contributed by atoms with van der Waals surface area (Å²) < 4.78 is 27.1. The second-order valence-corrected chi connectivity index (χ2v) is 5.03. The average Bonchev–Trinajstić information content (AvgIpc) is 2.46. The number of carbonyl (C=O) groups excluding carboxylic acids is 2. The molecule has 0 unspecified atom stereocenters. The first kappa shape index (κ1) is 16.6.